The van der Waals surface area contributed by atoms with Gasteiger partial charge in [0.05, 0.1) is 0 Å². The minimum atomic E-state index is -0.439. The molecule has 1 amide bonds. The molecular weight excluding hydrogens is 264 g/mol. The largest absolute Gasteiger partial charge is 0.444 e. The predicted molar refractivity (Wildman–Crippen MR) is 84.5 cm³/mol. The summed E-state index contributed by atoms with van der Waals surface area (Å²) in [6.45, 7) is 7.09. The quantitative estimate of drug-likeness (QED) is 0.927. The van der Waals surface area contributed by atoms with Crippen LogP contribution >= 0.6 is 0 Å². The number of ether oxygens (including phenoxy) is 1. The Morgan fingerprint density at radius 1 is 1.29 bits per heavy atom. The molecule has 2 rings (SSSR count). The zero-order chi connectivity index (χ0) is 15.5. The number of likely N-dealkylation sites (N-methyl/N-ethyl adjacent to an activating group) is 1. The molecule has 0 saturated heterocycles. The monoisotopic (exact) mass is 290 g/mol. The minimum Gasteiger partial charge on any atom is -0.444 e. The molecule has 0 heterocycles. The average Bonchev–Trinajstić information content (AvgIpc) is 2.79. The molecular formula is C17H26N2O2. The summed E-state index contributed by atoms with van der Waals surface area (Å²) in [6.07, 6.45) is 1.89. The molecule has 0 spiro atoms. The van der Waals surface area contributed by atoms with E-state index in [4.69, 9.17) is 4.74 Å². The van der Waals surface area contributed by atoms with E-state index < -0.39 is 5.60 Å². The summed E-state index contributed by atoms with van der Waals surface area (Å²) >= 11 is 0. The topological polar surface area (TPSA) is 41.6 Å². The second kappa shape index (κ2) is 6.48. The highest BCUT2D eigenvalue weighted by Gasteiger charge is 2.22. The number of hydrogen-bond acceptors (Lipinski definition) is 3. The highest BCUT2D eigenvalue weighted by Crippen LogP contribution is 2.21. The molecule has 4 nitrogen and oxygen atoms in total. The number of carbonyl (C=O) groups excluding carboxylic acids is 1. The van der Waals surface area contributed by atoms with Crippen molar-refractivity contribution in [1.82, 2.24) is 10.2 Å². The highest BCUT2D eigenvalue weighted by atomic mass is 16.6. The van der Waals surface area contributed by atoms with Crippen molar-refractivity contribution in [2.24, 2.45) is 0 Å². The summed E-state index contributed by atoms with van der Waals surface area (Å²) in [6, 6.07) is 9.07. The van der Waals surface area contributed by atoms with E-state index in [0.29, 0.717) is 12.6 Å². The molecule has 116 valence electrons. The maximum atomic E-state index is 11.8. The van der Waals surface area contributed by atoms with E-state index in [-0.39, 0.29) is 6.09 Å². The van der Waals surface area contributed by atoms with Crippen molar-refractivity contribution in [2.75, 3.05) is 20.1 Å². The molecule has 4 heteroatoms. The first-order valence-corrected chi connectivity index (χ1v) is 7.59. The van der Waals surface area contributed by atoms with Gasteiger partial charge in [-0.15, -0.1) is 0 Å². The number of amides is 1. The van der Waals surface area contributed by atoms with E-state index in [2.05, 4.69) is 29.6 Å². The predicted octanol–water partition coefficient (Wildman–Crippen LogP) is 2.61. The second-order valence-corrected chi connectivity index (χ2v) is 6.73. The smallest absolute Gasteiger partial charge is 0.410 e. The fourth-order valence-corrected chi connectivity index (χ4v) is 2.57. The zero-order valence-electron chi connectivity index (χ0n) is 13.5. The van der Waals surface area contributed by atoms with Crippen LogP contribution in [-0.4, -0.2) is 42.8 Å². The lowest BCUT2D eigenvalue weighted by Crippen LogP contribution is -2.40. The lowest BCUT2D eigenvalue weighted by molar-refractivity contribution is 0.0299. The molecule has 1 aliphatic rings. The van der Waals surface area contributed by atoms with Gasteiger partial charge < -0.3 is 15.0 Å². The van der Waals surface area contributed by atoms with Crippen LogP contribution in [0, 0.1) is 0 Å². The Kier molecular flexibility index (Phi) is 4.88. The van der Waals surface area contributed by atoms with Gasteiger partial charge in [-0.1, -0.05) is 24.3 Å². The number of rotatable bonds is 4. The van der Waals surface area contributed by atoms with Crippen LogP contribution < -0.4 is 5.32 Å². The van der Waals surface area contributed by atoms with Gasteiger partial charge in [0.1, 0.15) is 5.60 Å². The van der Waals surface area contributed by atoms with Gasteiger partial charge in [0.15, 0.2) is 0 Å². The maximum absolute atomic E-state index is 11.8. The van der Waals surface area contributed by atoms with Crippen molar-refractivity contribution in [3.8, 4) is 0 Å². The van der Waals surface area contributed by atoms with Crippen LogP contribution in [0.3, 0.4) is 0 Å². The molecule has 1 aromatic rings. The Labute approximate surface area is 127 Å². The minimum absolute atomic E-state index is 0.265. The van der Waals surface area contributed by atoms with Crippen molar-refractivity contribution in [1.29, 1.82) is 0 Å². The van der Waals surface area contributed by atoms with Gasteiger partial charge in [-0.2, -0.15) is 0 Å². The van der Waals surface area contributed by atoms with Gasteiger partial charge in [-0.25, -0.2) is 4.79 Å². The summed E-state index contributed by atoms with van der Waals surface area (Å²) in [4.78, 5) is 13.5. The van der Waals surface area contributed by atoms with Gasteiger partial charge >= 0.3 is 6.09 Å². The first kappa shape index (κ1) is 15.8. The zero-order valence-corrected chi connectivity index (χ0v) is 13.5. The van der Waals surface area contributed by atoms with Crippen LogP contribution in [0.4, 0.5) is 4.79 Å². The summed E-state index contributed by atoms with van der Waals surface area (Å²) < 4.78 is 5.33. The van der Waals surface area contributed by atoms with E-state index in [1.807, 2.05) is 20.8 Å². The molecule has 0 fully saturated rings. The summed E-state index contributed by atoms with van der Waals surface area (Å²) in [5.41, 5.74) is 2.44. The van der Waals surface area contributed by atoms with E-state index in [9.17, 15) is 4.79 Å². The number of benzene rings is 1. The molecule has 1 aliphatic carbocycles. The molecule has 0 aromatic heterocycles. The molecule has 0 saturated carbocycles. The number of hydrogen-bond donors (Lipinski definition) is 1. The standard InChI is InChI=1S/C17H26N2O2/c1-17(2,3)21-16(20)19(4)10-9-18-15-11-13-7-5-6-8-14(13)12-15/h5-8,15,18H,9-12H2,1-4H3. The fraction of sp³-hybridized carbons (Fsp3) is 0.588. The van der Waals surface area contributed by atoms with E-state index >= 15 is 0 Å². The summed E-state index contributed by atoms with van der Waals surface area (Å²) in [7, 11) is 1.78. The van der Waals surface area contributed by atoms with Crippen LogP contribution in [-0.2, 0) is 17.6 Å². The van der Waals surface area contributed by atoms with Crippen molar-refractivity contribution in [3.05, 3.63) is 35.4 Å². The Hall–Kier alpha value is -1.55. The highest BCUT2D eigenvalue weighted by molar-refractivity contribution is 5.67. The van der Waals surface area contributed by atoms with Gasteiger partial charge in [-0.05, 0) is 44.7 Å². The van der Waals surface area contributed by atoms with Crippen molar-refractivity contribution >= 4 is 6.09 Å². The fourth-order valence-electron chi connectivity index (χ4n) is 2.57. The Balaban J connectivity index is 1.70. The molecule has 0 unspecified atom stereocenters. The first-order chi connectivity index (χ1) is 9.85. The van der Waals surface area contributed by atoms with E-state index in [1.165, 1.54) is 11.1 Å². The van der Waals surface area contributed by atoms with E-state index in [1.54, 1.807) is 11.9 Å². The number of nitrogens with zero attached hydrogens (tertiary/aromatic N) is 1. The molecule has 1 N–H and O–H groups in total. The van der Waals surface area contributed by atoms with E-state index in [0.717, 1.165) is 19.4 Å². The van der Waals surface area contributed by atoms with Gasteiger partial charge in [0.25, 0.3) is 0 Å². The molecule has 0 bridgehead atoms. The Bertz CT molecular complexity index is 469. The lowest BCUT2D eigenvalue weighted by Gasteiger charge is -2.25. The summed E-state index contributed by atoms with van der Waals surface area (Å²) in [5, 5.41) is 3.53. The van der Waals surface area contributed by atoms with Crippen molar-refractivity contribution in [3.63, 3.8) is 0 Å². The molecule has 0 aliphatic heterocycles. The van der Waals surface area contributed by atoms with Crippen LogP contribution in [0.25, 0.3) is 0 Å². The Morgan fingerprint density at radius 3 is 2.38 bits per heavy atom. The van der Waals surface area contributed by atoms with Gasteiger partial charge in [0.2, 0.25) is 0 Å². The van der Waals surface area contributed by atoms with Gasteiger partial charge in [0, 0.05) is 26.2 Å². The van der Waals surface area contributed by atoms with Crippen LogP contribution in [0.1, 0.15) is 31.9 Å². The first-order valence-electron chi connectivity index (χ1n) is 7.59. The molecule has 1 aromatic carbocycles. The third kappa shape index (κ3) is 4.74. The maximum Gasteiger partial charge on any atom is 0.410 e. The Morgan fingerprint density at radius 2 is 1.86 bits per heavy atom. The normalized spacial score (nSPS) is 14.9. The van der Waals surface area contributed by atoms with Crippen LogP contribution in [0.5, 0.6) is 0 Å². The number of fused-ring (bicyclic) bond motifs is 1. The average molecular weight is 290 g/mol. The summed E-state index contributed by atoms with van der Waals surface area (Å²) in [5.74, 6) is 0. The van der Waals surface area contributed by atoms with Crippen LogP contribution in [0.2, 0.25) is 0 Å². The third-order valence-electron chi connectivity index (χ3n) is 3.64. The van der Waals surface area contributed by atoms with Crippen molar-refractivity contribution < 1.29 is 9.53 Å². The van der Waals surface area contributed by atoms with Crippen LogP contribution in [0.15, 0.2) is 24.3 Å². The number of carbonyl (C=O) groups is 1. The van der Waals surface area contributed by atoms with Gasteiger partial charge in [-0.3, -0.25) is 0 Å². The molecule has 0 atom stereocenters. The number of nitrogens with one attached hydrogen (secondary N) is 1. The lowest BCUT2D eigenvalue weighted by atomic mass is 10.1. The molecule has 0 radical (unpaired) electrons. The molecule has 21 heavy (non-hydrogen) atoms. The third-order valence-corrected chi connectivity index (χ3v) is 3.64. The van der Waals surface area contributed by atoms with Crippen molar-refractivity contribution in [2.45, 2.75) is 45.3 Å². The SMILES string of the molecule is CN(CCNC1Cc2ccccc2C1)C(=O)OC(C)(C)C. The second-order valence-electron chi connectivity index (χ2n) is 6.73.